The van der Waals surface area contributed by atoms with Crippen LogP contribution in [0.25, 0.3) is 0 Å². The third kappa shape index (κ3) is 2.42. The molecule has 0 heterocycles. The Bertz CT molecular complexity index is 594. The van der Waals surface area contributed by atoms with Crippen molar-refractivity contribution in [3.63, 3.8) is 0 Å². The van der Waals surface area contributed by atoms with Crippen molar-refractivity contribution in [3.8, 4) is 5.75 Å². The molecule has 4 nitrogen and oxygen atoms in total. The zero-order valence-electron chi connectivity index (χ0n) is 9.81. The minimum absolute atomic E-state index is 0.0675. The lowest BCUT2D eigenvalue weighted by atomic mass is 10.0. The maximum Gasteiger partial charge on any atom is 0.534 e. The summed E-state index contributed by atoms with van der Waals surface area (Å²) in [5.41, 5.74) is -4.78. The van der Waals surface area contributed by atoms with Gasteiger partial charge in [-0.05, 0) is 24.0 Å². The number of hydrogen-bond acceptors (Lipinski definition) is 4. The predicted molar refractivity (Wildman–Crippen MR) is 60.0 cm³/mol. The second kappa shape index (κ2) is 4.38. The van der Waals surface area contributed by atoms with E-state index in [9.17, 15) is 26.7 Å². The molecule has 2 unspecified atom stereocenters. The van der Waals surface area contributed by atoms with Crippen LogP contribution in [0.2, 0.25) is 0 Å². The number of aliphatic hydroxyl groups excluding tert-OH is 1. The van der Waals surface area contributed by atoms with Crippen molar-refractivity contribution in [2.24, 2.45) is 0 Å². The maximum atomic E-state index is 12.3. The number of benzene rings is 1. The molecule has 1 aromatic rings. The van der Waals surface area contributed by atoms with Crippen molar-refractivity contribution in [3.05, 3.63) is 29.3 Å². The van der Waals surface area contributed by atoms with Crippen molar-refractivity contribution in [1.82, 2.24) is 0 Å². The van der Waals surface area contributed by atoms with E-state index in [1.54, 1.807) is 13.0 Å². The van der Waals surface area contributed by atoms with Crippen LogP contribution in [0.1, 0.15) is 36.5 Å². The fraction of sp³-hybridized carbons (Fsp3) is 0.455. The lowest BCUT2D eigenvalue weighted by molar-refractivity contribution is -0.0500. The van der Waals surface area contributed by atoms with E-state index < -0.39 is 27.5 Å². The zero-order valence-corrected chi connectivity index (χ0v) is 10.6. The molecule has 0 saturated carbocycles. The predicted octanol–water partition coefficient (Wildman–Crippen LogP) is 2.46. The topological polar surface area (TPSA) is 63.6 Å². The molecule has 1 aliphatic rings. The standard InChI is InChI=1S/C11H11F3O4S/c1-6-5-8(15)10-7(6)3-2-4-9(10)18-19(16,17)11(12,13)14/h2-4,6,8,15H,5H2,1H3. The Morgan fingerprint density at radius 1 is 1.37 bits per heavy atom. The van der Waals surface area contributed by atoms with Gasteiger partial charge >= 0.3 is 15.6 Å². The summed E-state index contributed by atoms with van der Waals surface area (Å²) in [5.74, 6) is -0.534. The van der Waals surface area contributed by atoms with Crippen molar-refractivity contribution in [1.29, 1.82) is 0 Å². The van der Waals surface area contributed by atoms with E-state index in [1.807, 2.05) is 0 Å². The van der Waals surface area contributed by atoms with Crippen LogP contribution in [0.15, 0.2) is 18.2 Å². The summed E-state index contributed by atoms with van der Waals surface area (Å²) in [6.07, 6.45) is -0.702. The molecule has 0 radical (unpaired) electrons. The lowest BCUT2D eigenvalue weighted by Gasteiger charge is -2.14. The highest BCUT2D eigenvalue weighted by Gasteiger charge is 2.49. The van der Waals surface area contributed by atoms with Crippen molar-refractivity contribution >= 4 is 10.1 Å². The smallest absolute Gasteiger partial charge is 0.388 e. The van der Waals surface area contributed by atoms with Gasteiger partial charge in [0.15, 0.2) is 0 Å². The largest absolute Gasteiger partial charge is 0.534 e. The number of aliphatic hydroxyl groups is 1. The summed E-state index contributed by atoms with van der Waals surface area (Å²) in [7, 11) is -5.72. The lowest BCUT2D eigenvalue weighted by Crippen LogP contribution is -2.28. The van der Waals surface area contributed by atoms with Gasteiger partial charge in [-0.25, -0.2) is 0 Å². The Hall–Kier alpha value is -1.28. The van der Waals surface area contributed by atoms with Crippen LogP contribution in [-0.4, -0.2) is 19.0 Å². The molecule has 2 atom stereocenters. The van der Waals surface area contributed by atoms with Crippen molar-refractivity contribution < 1.29 is 30.9 Å². The molecule has 0 bridgehead atoms. The number of alkyl halides is 3. The number of fused-ring (bicyclic) bond motifs is 1. The van der Waals surface area contributed by atoms with Gasteiger partial charge in [0.2, 0.25) is 0 Å². The van der Waals surface area contributed by atoms with E-state index in [-0.39, 0.29) is 11.5 Å². The Kier molecular flexibility index (Phi) is 3.26. The Morgan fingerprint density at radius 3 is 2.58 bits per heavy atom. The Balaban J connectivity index is 2.45. The summed E-state index contributed by atoms with van der Waals surface area (Å²) in [5, 5.41) is 9.78. The highest BCUT2D eigenvalue weighted by Crippen LogP contribution is 2.45. The van der Waals surface area contributed by atoms with Gasteiger partial charge in [0.1, 0.15) is 5.75 Å². The molecular formula is C11H11F3O4S. The summed E-state index contributed by atoms with van der Waals surface area (Å²) in [6, 6.07) is 4.13. The third-order valence-corrected chi connectivity index (χ3v) is 3.99. The second-order valence-corrected chi connectivity index (χ2v) is 5.93. The summed E-state index contributed by atoms with van der Waals surface area (Å²) < 4.78 is 62.9. The van der Waals surface area contributed by atoms with Crippen LogP contribution < -0.4 is 4.18 Å². The van der Waals surface area contributed by atoms with Crippen LogP contribution in [-0.2, 0) is 10.1 Å². The van der Waals surface area contributed by atoms with Crippen LogP contribution >= 0.6 is 0 Å². The van der Waals surface area contributed by atoms with Gasteiger partial charge in [0.25, 0.3) is 0 Å². The average molecular weight is 296 g/mol. The molecule has 0 aliphatic heterocycles. The van der Waals surface area contributed by atoms with Gasteiger partial charge < -0.3 is 9.29 Å². The molecule has 0 amide bonds. The third-order valence-electron chi connectivity index (χ3n) is 3.02. The van der Waals surface area contributed by atoms with Gasteiger partial charge in [-0.1, -0.05) is 19.1 Å². The van der Waals surface area contributed by atoms with E-state index >= 15 is 0 Å². The number of rotatable bonds is 2. The molecule has 0 aromatic heterocycles. The Labute approximate surface area is 107 Å². The second-order valence-electron chi connectivity index (χ2n) is 4.39. The van der Waals surface area contributed by atoms with Gasteiger partial charge in [-0.2, -0.15) is 21.6 Å². The first-order valence-electron chi connectivity index (χ1n) is 5.45. The van der Waals surface area contributed by atoms with E-state index in [2.05, 4.69) is 4.18 Å². The molecule has 0 saturated heterocycles. The summed E-state index contributed by atoms with van der Waals surface area (Å²) >= 11 is 0. The molecule has 0 spiro atoms. The van der Waals surface area contributed by atoms with E-state index in [4.69, 9.17) is 0 Å². The number of hydrogen-bond donors (Lipinski definition) is 1. The maximum absolute atomic E-state index is 12.3. The van der Waals surface area contributed by atoms with Crippen molar-refractivity contribution in [2.75, 3.05) is 0 Å². The van der Waals surface area contributed by atoms with Gasteiger partial charge in [-0.15, -0.1) is 0 Å². The van der Waals surface area contributed by atoms with Crippen LogP contribution in [0.3, 0.4) is 0 Å². The number of halogens is 3. The van der Waals surface area contributed by atoms with Gasteiger partial charge in [0.05, 0.1) is 6.10 Å². The van der Waals surface area contributed by atoms with Crippen LogP contribution in [0.5, 0.6) is 5.75 Å². The quantitative estimate of drug-likeness (QED) is 0.672. The SMILES string of the molecule is CC1CC(O)c2c(OS(=O)(=O)C(F)(F)F)cccc21. The van der Waals surface area contributed by atoms with E-state index in [0.29, 0.717) is 12.0 Å². The van der Waals surface area contributed by atoms with Gasteiger partial charge in [-0.3, -0.25) is 0 Å². The fourth-order valence-electron chi connectivity index (χ4n) is 2.17. The minimum Gasteiger partial charge on any atom is -0.388 e. The summed E-state index contributed by atoms with van der Waals surface area (Å²) in [6.45, 7) is 1.79. The molecule has 106 valence electrons. The first kappa shape index (κ1) is 14.1. The highest BCUT2D eigenvalue weighted by molar-refractivity contribution is 7.88. The minimum atomic E-state index is -5.72. The first-order valence-corrected chi connectivity index (χ1v) is 6.86. The zero-order chi connectivity index (χ0) is 14.4. The van der Waals surface area contributed by atoms with Crippen LogP contribution in [0.4, 0.5) is 13.2 Å². The molecular weight excluding hydrogens is 285 g/mol. The Morgan fingerprint density at radius 2 is 2.00 bits per heavy atom. The normalized spacial score (nSPS) is 23.2. The fourth-order valence-corrected chi connectivity index (χ4v) is 2.64. The molecule has 1 N–H and O–H groups in total. The molecule has 1 aliphatic carbocycles. The summed E-state index contributed by atoms with van der Waals surface area (Å²) in [4.78, 5) is 0. The monoisotopic (exact) mass is 296 g/mol. The molecule has 19 heavy (non-hydrogen) atoms. The molecule has 2 rings (SSSR count). The van der Waals surface area contributed by atoms with Crippen molar-refractivity contribution in [2.45, 2.75) is 30.9 Å². The van der Waals surface area contributed by atoms with Crippen LogP contribution in [0, 0.1) is 0 Å². The van der Waals surface area contributed by atoms with E-state index in [0.717, 1.165) is 6.07 Å². The molecule has 0 fully saturated rings. The molecule has 1 aromatic carbocycles. The first-order chi connectivity index (χ1) is 8.63. The van der Waals surface area contributed by atoms with E-state index in [1.165, 1.54) is 6.07 Å². The highest BCUT2D eigenvalue weighted by atomic mass is 32.2. The molecule has 8 heteroatoms. The van der Waals surface area contributed by atoms with Gasteiger partial charge in [0, 0.05) is 5.56 Å². The average Bonchev–Trinajstić information content (AvgIpc) is 2.53.